The summed E-state index contributed by atoms with van der Waals surface area (Å²) < 4.78 is 12.4. The highest BCUT2D eigenvalue weighted by molar-refractivity contribution is 6.43. The summed E-state index contributed by atoms with van der Waals surface area (Å²) in [6.07, 6.45) is 1.99. The quantitative estimate of drug-likeness (QED) is 0.266. The van der Waals surface area contributed by atoms with Crippen LogP contribution in [0.15, 0.2) is 47.6 Å². The summed E-state index contributed by atoms with van der Waals surface area (Å²) in [5.74, 6) is -0.423. The van der Waals surface area contributed by atoms with Crippen LogP contribution in [0.3, 0.4) is 0 Å². The Morgan fingerprint density at radius 3 is 2.49 bits per heavy atom. The molecule has 0 aliphatic carbocycles. The summed E-state index contributed by atoms with van der Waals surface area (Å²) in [6, 6.07) is 12.8. The number of nitrogens with one attached hydrogen (secondary N) is 2. The molecule has 0 fully saturated rings. The van der Waals surface area contributed by atoms with E-state index in [-0.39, 0.29) is 6.54 Å². The molecule has 2 N–H and O–H groups in total. The van der Waals surface area contributed by atoms with E-state index in [1.807, 2.05) is 48.7 Å². The zero-order chi connectivity index (χ0) is 25.5. The fraction of sp³-hybridized carbons (Fsp3) is 0.240. The van der Waals surface area contributed by atoms with Gasteiger partial charge >= 0.3 is 11.8 Å². The molecule has 0 saturated carbocycles. The molecule has 2 amide bonds. The zero-order valence-electron chi connectivity index (χ0n) is 19.8. The van der Waals surface area contributed by atoms with Gasteiger partial charge in [0.15, 0.2) is 11.5 Å². The molecule has 10 heteroatoms. The number of benzene rings is 2. The van der Waals surface area contributed by atoms with Gasteiger partial charge in [-0.25, -0.2) is 5.43 Å². The predicted molar refractivity (Wildman–Crippen MR) is 137 cm³/mol. The minimum atomic E-state index is -0.861. The van der Waals surface area contributed by atoms with Crippen molar-refractivity contribution >= 4 is 41.2 Å². The lowest BCUT2D eigenvalue weighted by atomic mass is 10.1. The van der Waals surface area contributed by atoms with Crippen molar-refractivity contribution in [1.82, 2.24) is 15.3 Å². The zero-order valence-corrected chi connectivity index (χ0v) is 21.3. The van der Waals surface area contributed by atoms with Gasteiger partial charge in [-0.1, -0.05) is 35.3 Å². The van der Waals surface area contributed by atoms with Crippen molar-refractivity contribution in [2.45, 2.75) is 20.3 Å². The normalized spacial score (nSPS) is 10.9. The lowest BCUT2D eigenvalue weighted by Gasteiger charge is -2.12. The Kier molecular flexibility index (Phi) is 8.78. The number of amides is 2. The third-order valence-corrected chi connectivity index (χ3v) is 6.17. The van der Waals surface area contributed by atoms with E-state index in [1.165, 1.54) is 6.21 Å². The number of hydrazone groups is 1. The maximum absolute atomic E-state index is 12.1. The van der Waals surface area contributed by atoms with E-state index in [4.69, 9.17) is 32.7 Å². The van der Waals surface area contributed by atoms with Gasteiger partial charge in [0, 0.05) is 23.5 Å². The van der Waals surface area contributed by atoms with Gasteiger partial charge < -0.3 is 19.4 Å². The lowest BCUT2D eigenvalue weighted by Crippen LogP contribution is -2.38. The monoisotopic (exact) mass is 516 g/mol. The van der Waals surface area contributed by atoms with E-state index in [1.54, 1.807) is 26.4 Å². The van der Waals surface area contributed by atoms with Crippen LogP contribution >= 0.6 is 23.2 Å². The Hall–Kier alpha value is -3.49. The second kappa shape index (κ2) is 11.8. The Morgan fingerprint density at radius 1 is 1.03 bits per heavy atom. The lowest BCUT2D eigenvalue weighted by molar-refractivity contribution is -0.139. The molecule has 0 unspecified atom stereocenters. The van der Waals surface area contributed by atoms with Crippen LogP contribution < -0.4 is 20.2 Å². The van der Waals surface area contributed by atoms with E-state index in [0.29, 0.717) is 28.0 Å². The summed E-state index contributed by atoms with van der Waals surface area (Å²) in [5.41, 5.74) is 6.44. The number of nitrogens with zero attached hydrogens (tertiary/aromatic N) is 2. The number of methoxy groups -OCH3 is 2. The maximum atomic E-state index is 12.1. The van der Waals surface area contributed by atoms with Gasteiger partial charge in [0.1, 0.15) is 0 Å². The van der Waals surface area contributed by atoms with Gasteiger partial charge in [0.05, 0.1) is 36.2 Å². The van der Waals surface area contributed by atoms with Crippen molar-refractivity contribution in [1.29, 1.82) is 0 Å². The van der Waals surface area contributed by atoms with E-state index in [9.17, 15) is 9.59 Å². The van der Waals surface area contributed by atoms with E-state index >= 15 is 0 Å². The van der Waals surface area contributed by atoms with Crippen LogP contribution in [0.2, 0.25) is 10.0 Å². The fourth-order valence-corrected chi connectivity index (χ4v) is 3.98. The van der Waals surface area contributed by atoms with E-state index in [0.717, 1.165) is 28.2 Å². The first-order valence-electron chi connectivity index (χ1n) is 10.7. The number of hydrogen-bond donors (Lipinski definition) is 2. The second-order valence-corrected chi connectivity index (χ2v) is 8.41. The van der Waals surface area contributed by atoms with E-state index < -0.39 is 11.8 Å². The average Bonchev–Trinajstić information content (AvgIpc) is 3.13. The number of rotatable bonds is 8. The molecule has 0 aliphatic rings. The topological polar surface area (TPSA) is 94.0 Å². The van der Waals surface area contributed by atoms with Gasteiger partial charge in [-0.15, -0.1) is 0 Å². The van der Waals surface area contributed by atoms with E-state index in [2.05, 4.69) is 15.8 Å². The molecule has 35 heavy (non-hydrogen) atoms. The summed E-state index contributed by atoms with van der Waals surface area (Å²) >= 11 is 12.5. The molecule has 0 spiro atoms. The number of ether oxygens (including phenoxy) is 2. The van der Waals surface area contributed by atoms with Crippen LogP contribution in [0.1, 0.15) is 22.5 Å². The third-order valence-electron chi connectivity index (χ3n) is 5.37. The van der Waals surface area contributed by atoms with Crippen molar-refractivity contribution in [3.8, 4) is 17.2 Å². The maximum Gasteiger partial charge on any atom is 0.329 e. The molecule has 1 aromatic heterocycles. The van der Waals surface area contributed by atoms with Crippen LogP contribution in [-0.4, -0.2) is 43.4 Å². The smallest absolute Gasteiger partial charge is 0.329 e. The highest BCUT2D eigenvalue weighted by Crippen LogP contribution is 2.31. The molecule has 1 heterocycles. The van der Waals surface area contributed by atoms with Gasteiger partial charge in [0.25, 0.3) is 0 Å². The first-order chi connectivity index (χ1) is 16.8. The Bertz CT molecular complexity index is 1270. The standard InChI is InChI=1S/C25H26Cl2N4O4/c1-15-12-18(16(2)31(15)20-7-5-6-19(26)23(20)27)14-29-30-25(33)24(32)28-11-10-17-8-9-21(34-3)22(13-17)35-4/h5-9,12-14H,10-11H2,1-4H3,(H,28,32)(H,30,33)/b29-14-. The van der Waals surface area contributed by atoms with Crippen LogP contribution in [-0.2, 0) is 16.0 Å². The summed E-state index contributed by atoms with van der Waals surface area (Å²) in [7, 11) is 3.12. The second-order valence-electron chi connectivity index (χ2n) is 7.63. The molecule has 3 rings (SSSR count). The molecule has 0 aliphatic heterocycles. The molecule has 2 aromatic carbocycles. The molecule has 0 radical (unpaired) electrons. The molecule has 8 nitrogen and oxygen atoms in total. The first kappa shape index (κ1) is 26.1. The number of halogens is 2. The predicted octanol–water partition coefficient (Wildman–Crippen LogP) is 4.23. The number of aryl methyl sites for hydroxylation is 1. The van der Waals surface area contributed by atoms with Gasteiger partial charge in [0.2, 0.25) is 0 Å². The largest absolute Gasteiger partial charge is 0.493 e. The minimum Gasteiger partial charge on any atom is -0.493 e. The third kappa shape index (κ3) is 6.15. The number of aromatic nitrogens is 1. The number of carbonyl (C=O) groups is 2. The molecule has 0 saturated heterocycles. The first-order valence-corrected chi connectivity index (χ1v) is 11.5. The SMILES string of the molecule is COc1ccc(CCNC(=O)C(=O)N/N=C\c2cc(C)n(-c3cccc(Cl)c3Cl)c2C)cc1OC. The van der Waals surface area contributed by atoms with Crippen LogP contribution in [0.25, 0.3) is 5.69 Å². The van der Waals surface area contributed by atoms with Crippen molar-refractivity contribution < 1.29 is 19.1 Å². The van der Waals surface area contributed by atoms with Crippen LogP contribution in [0.5, 0.6) is 11.5 Å². The summed E-state index contributed by atoms with van der Waals surface area (Å²) in [6.45, 7) is 4.09. The van der Waals surface area contributed by atoms with Gasteiger partial charge in [-0.05, 0) is 56.2 Å². The van der Waals surface area contributed by atoms with Crippen molar-refractivity contribution in [3.05, 3.63) is 75.0 Å². The fourth-order valence-electron chi connectivity index (χ4n) is 3.60. The van der Waals surface area contributed by atoms with Crippen LogP contribution in [0.4, 0.5) is 0 Å². The number of hydrogen-bond acceptors (Lipinski definition) is 5. The molecule has 184 valence electrons. The molecular formula is C25H26Cl2N4O4. The molecule has 0 atom stereocenters. The average molecular weight is 517 g/mol. The van der Waals surface area contributed by atoms with Crippen molar-refractivity contribution in [2.75, 3.05) is 20.8 Å². The molecule has 0 bridgehead atoms. The Morgan fingerprint density at radius 2 is 1.77 bits per heavy atom. The Labute approximate surface area is 213 Å². The van der Waals surface area contributed by atoms with Crippen LogP contribution in [0, 0.1) is 13.8 Å². The summed E-state index contributed by atoms with van der Waals surface area (Å²) in [5, 5.41) is 7.40. The Balaban J connectivity index is 1.57. The highest BCUT2D eigenvalue weighted by atomic mass is 35.5. The molecule has 3 aromatic rings. The van der Waals surface area contributed by atoms with Gasteiger partial charge in [-0.3, -0.25) is 9.59 Å². The van der Waals surface area contributed by atoms with Crippen molar-refractivity contribution in [3.63, 3.8) is 0 Å². The molecular weight excluding hydrogens is 491 g/mol. The van der Waals surface area contributed by atoms with Crippen molar-refractivity contribution in [2.24, 2.45) is 5.10 Å². The number of carbonyl (C=O) groups excluding carboxylic acids is 2. The minimum absolute atomic E-state index is 0.271. The summed E-state index contributed by atoms with van der Waals surface area (Å²) in [4.78, 5) is 24.2. The van der Waals surface area contributed by atoms with Gasteiger partial charge in [-0.2, -0.15) is 5.10 Å². The highest BCUT2D eigenvalue weighted by Gasteiger charge is 2.15.